The van der Waals surface area contributed by atoms with Crippen molar-refractivity contribution in [2.24, 2.45) is 0 Å². The number of ether oxygens (including phenoxy) is 1. The Kier molecular flexibility index (Phi) is 7.95. The Morgan fingerprint density at radius 1 is 1.25 bits per heavy atom. The van der Waals surface area contributed by atoms with Crippen LogP contribution < -0.4 is 15.4 Å². The van der Waals surface area contributed by atoms with Crippen molar-refractivity contribution < 1.29 is 18.7 Å². The van der Waals surface area contributed by atoms with Gasteiger partial charge < -0.3 is 15.4 Å². The van der Waals surface area contributed by atoms with E-state index < -0.39 is 5.82 Å². The normalized spacial score (nSPS) is 10.2. The zero-order valence-electron chi connectivity index (χ0n) is 15.4. The molecule has 148 valence electrons. The number of amides is 2. The number of aromatic nitrogens is 1. The predicted molar refractivity (Wildman–Crippen MR) is 104 cm³/mol. The van der Waals surface area contributed by atoms with Crippen molar-refractivity contribution in [1.29, 1.82) is 0 Å². The summed E-state index contributed by atoms with van der Waals surface area (Å²) < 4.78 is 18.5. The van der Waals surface area contributed by atoms with Crippen molar-refractivity contribution in [2.45, 2.75) is 19.8 Å². The van der Waals surface area contributed by atoms with Gasteiger partial charge in [0.25, 0.3) is 5.91 Å². The van der Waals surface area contributed by atoms with Gasteiger partial charge in [0.05, 0.1) is 11.4 Å². The Bertz CT molecular complexity index is 856. The van der Waals surface area contributed by atoms with Gasteiger partial charge in [-0.15, -0.1) is 0 Å². The molecule has 0 aliphatic heterocycles. The summed E-state index contributed by atoms with van der Waals surface area (Å²) in [5.74, 6) is -0.984. The number of halogens is 2. The molecule has 1 aromatic heterocycles. The van der Waals surface area contributed by atoms with Crippen LogP contribution in [0.3, 0.4) is 0 Å². The fraction of sp³-hybridized carbons (Fsp3) is 0.250. The quantitative estimate of drug-likeness (QED) is 0.672. The molecule has 0 saturated heterocycles. The number of hydrogen-bond acceptors (Lipinski definition) is 4. The van der Waals surface area contributed by atoms with Crippen molar-refractivity contribution >= 4 is 23.4 Å². The molecule has 0 unspecified atom stereocenters. The number of carbonyl (C=O) groups is 2. The minimum Gasteiger partial charge on any atom is -0.484 e. The van der Waals surface area contributed by atoms with E-state index in [4.69, 9.17) is 16.3 Å². The van der Waals surface area contributed by atoms with Crippen molar-refractivity contribution in [3.8, 4) is 5.75 Å². The fourth-order valence-corrected chi connectivity index (χ4v) is 2.33. The molecule has 0 atom stereocenters. The Hall–Kier alpha value is -2.93. The molecule has 1 aromatic carbocycles. The zero-order valence-corrected chi connectivity index (χ0v) is 16.2. The molecule has 0 saturated carbocycles. The van der Waals surface area contributed by atoms with Crippen LogP contribution in [0.15, 0.2) is 48.8 Å². The van der Waals surface area contributed by atoms with Crippen LogP contribution in [0.2, 0.25) is 5.02 Å². The summed E-state index contributed by atoms with van der Waals surface area (Å²) in [4.78, 5) is 27.9. The average Bonchev–Trinajstić information content (AvgIpc) is 2.64. The molecule has 0 bridgehead atoms. The number of nitrogens with zero attached hydrogens (tertiary/aromatic N) is 1. The standard InChI is InChI=1S/C20H21ClFN3O3/c1-13-3-4-15(11-24-13)9-19(26)25-14(2)7-8-23-20(27)12-28-16-5-6-17(21)18(22)10-16/h3-6,10-11H,2,7-9,12H2,1H3,(H,23,27)(H,25,26). The van der Waals surface area contributed by atoms with Gasteiger partial charge in [-0.25, -0.2) is 4.39 Å². The Balaban J connectivity index is 1.64. The van der Waals surface area contributed by atoms with Crippen molar-refractivity contribution in [3.63, 3.8) is 0 Å². The average molecular weight is 406 g/mol. The molecule has 2 N–H and O–H groups in total. The number of nitrogens with one attached hydrogen (secondary N) is 2. The minimum atomic E-state index is -0.618. The number of aryl methyl sites for hydroxylation is 1. The highest BCUT2D eigenvalue weighted by Gasteiger charge is 2.08. The number of hydrogen-bond donors (Lipinski definition) is 2. The molecule has 2 amide bonds. The van der Waals surface area contributed by atoms with Gasteiger partial charge in [-0.2, -0.15) is 0 Å². The Labute approximate surface area is 167 Å². The lowest BCUT2D eigenvalue weighted by atomic mass is 10.2. The van der Waals surface area contributed by atoms with Gasteiger partial charge in [0, 0.05) is 36.6 Å². The lowest BCUT2D eigenvalue weighted by Crippen LogP contribution is -2.32. The monoisotopic (exact) mass is 405 g/mol. The molecule has 8 heteroatoms. The van der Waals surface area contributed by atoms with Gasteiger partial charge in [0.2, 0.25) is 5.91 Å². The summed E-state index contributed by atoms with van der Waals surface area (Å²) >= 11 is 5.58. The van der Waals surface area contributed by atoms with Crippen LogP contribution in [0.1, 0.15) is 17.7 Å². The van der Waals surface area contributed by atoms with E-state index in [1.807, 2.05) is 19.1 Å². The van der Waals surface area contributed by atoms with Crippen molar-refractivity contribution in [2.75, 3.05) is 13.2 Å². The molecule has 6 nitrogen and oxygen atoms in total. The highest BCUT2D eigenvalue weighted by molar-refractivity contribution is 6.30. The van der Waals surface area contributed by atoms with Gasteiger partial charge in [-0.1, -0.05) is 24.2 Å². The van der Waals surface area contributed by atoms with E-state index in [0.29, 0.717) is 12.1 Å². The maximum Gasteiger partial charge on any atom is 0.257 e. The first-order chi connectivity index (χ1) is 13.3. The lowest BCUT2D eigenvalue weighted by Gasteiger charge is -2.10. The van der Waals surface area contributed by atoms with E-state index in [1.54, 1.807) is 6.20 Å². The third kappa shape index (κ3) is 7.36. The SMILES string of the molecule is C=C(CCNC(=O)COc1ccc(Cl)c(F)c1)NC(=O)Cc1ccc(C)nc1. The van der Waals surface area contributed by atoms with Crippen LogP contribution in [0, 0.1) is 12.7 Å². The topological polar surface area (TPSA) is 80.3 Å². The molecule has 0 aliphatic rings. The number of pyridine rings is 1. The van der Waals surface area contributed by atoms with Gasteiger partial charge in [-0.3, -0.25) is 14.6 Å². The predicted octanol–water partition coefficient (Wildman–Crippen LogP) is 2.94. The highest BCUT2D eigenvalue weighted by Crippen LogP contribution is 2.20. The first-order valence-electron chi connectivity index (χ1n) is 8.57. The van der Waals surface area contributed by atoms with Crippen LogP contribution >= 0.6 is 11.6 Å². The van der Waals surface area contributed by atoms with E-state index in [2.05, 4.69) is 22.2 Å². The first kappa shape index (κ1) is 21.4. The minimum absolute atomic E-state index is 0.0176. The van der Waals surface area contributed by atoms with Crippen LogP contribution in [-0.2, 0) is 16.0 Å². The molecule has 0 aliphatic carbocycles. The maximum absolute atomic E-state index is 13.3. The third-order valence-corrected chi connectivity index (χ3v) is 3.97. The van der Waals surface area contributed by atoms with E-state index in [0.717, 1.165) is 17.3 Å². The van der Waals surface area contributed by atoms with Crippen molar-refractivity contribution in [1.82, 2.24) is 15.6 Å². The summed E-state index contributed by atoms with van der Waals surface area (Å²) in [5.41, 5.74) is 2.18. The van der Waals surface area contributed by atoms with Crippen LogP contribution in [0.25, 0.3) is 0 Å². The number of rotatable bonds is 9. The molecular formula is C20H21ClFN3O3. The summed E-state index contributed by atoms with van der Waals surface area (Å²) in [6.45, 7) is 5.66. The third-order valence-electron chi connectivity index (χ3n) is 3.66. The molecular weight excluding hydrogens is 385 g/mol. The van der Waals surface area contributed by atoms with Gasteiger partial charge in [0.15, 0.2) is 6.61 Å². The molecule has 0 radical (unpaired) electrons. The highest BCUT2D eigenvalue weighted by atomic mass is 35.5. The van der Waals surface area contributed by atoms with E-state index in [-0.39, 0.29) is 42.2 Å². The molecule has 1 heterocycles. The second-order valence-electron chi connectivity index (χ2n) is 6.10. The van der Waals surface area contributed by atoms with E-state index >= 15 is 0 Å². The van der Waals surface area contributed by atoms with Crippen LogP contribution in [0.5, 0.6) is 5.75 Å². The van der Waals surface area contributed by atoms with Crippen LogP contribution in [0.4, 0.5) is 4.39 Å². The zero-order chi connectivity index (χ0) is 20.5. The lowest BCUT2D eigenvalue weighted by molar-refractivity contribution is -0.123. The molecule has 0 spiro atoms. The summed E-state index contributed by atoms with van der Waals surface area (Å²) in [6, 6.07) is 7.62. The number of benzene rings is 1. The fourth-order valence-electron chi connectivity index (χ4n) is 2.21. The van der Waals surface area contributed by atoms with Gasteiger partial charge >= 0.3 is 0 Å². The second-order valence-corrected chi connectivity index (χ2v) is 6.51. The molecule has 2 aromatic rings. The van der Waals surface area contributed by atoms with Crippen molar-refractivity contribution in [3.05, 3.63) is 70.9 Å². The summed E-state index contributed by atoms with van der Waals surface area (Å²) in [7, 11) is 0. The number of carbonyl (C=O) groups excluding carboxylic acids is 2. The maximum atomic E-state index is 13.3. The van der Waals surface area contributed by atoms with E-state index in [9.17, 15) is 14.0 Å². The molecule has 0 fully saturated rings. The largest absolute Gasteiger partial charge is 0.484 e. The van der Waals surface area contributed by atoms with E-state index in [1.165, 1.54) is 12.1 Å². The Morgan fingerprint density at radius 3 is 2.71 bits per heavy atom. The summed E-state index contributed by atoms with van der Waals surface area (Å²) in [6.07, 6.45) is 2.23. The second kappa shape index (κ2) is 10.4. The molecule has 28 heavy (non-hydrogen) atoms. The summed E-state index contributed by atoms with van der Waals surface area (Å²) in [5, 5.41) is 5.30. The molecule has 2 rings (SSSR count). The van der Waals surface area contributed by atoms with Gasteiger partial charge in [-0.05, 0) is 30.7 Å². The smallest absolute Gasteiger partial charge is 0.257 e. The van der Waals surface area contributed by atoms with Crippen LogP contribution in [-0.4, -0.2) is 29.9 Å². The van der Waals surface area contributed by atoms with Gasteiger partial charge in [0.1, 0.15) is 11.6 Å². The Morgan fingerprint density at radius 2 is 2.04 bits per heavy atom. The first-order valence-corrected chi connectivity index (χ1v) is 8.95.